The average Bonchev–Trinajstić information content (AvgIpc) is 2.94. The first-order valence-corrected chi connectivity index (χ1v) is 9.13. The number of piperidine rings is 1. The first-order valence-electron chi connectivity index (χ1n) is 8.34. The molecule has 1 spiro atoms. The first kappa shape index (κ1) is 15.5. The molecule has 1 saturated carbocycles. The Kier molecular flexibility index (Phi) is 4.72. The molecule has 1 aromatic rings. The molecule has 21 heavy (non-hydrogen) atoms. The smallest absolute Gasteiger partial charge is 0.0470 e. The third-order valence-electron chi connectivity index (χ3n) is 5.75. The van der Waals surface area contributed by atoms with E-state index in [9.17, 15) is 0 Å². The minimum atomic E-state index is 0.385. The second-order valence-electron chi connectivity index (χ2n) is 7.00. The normalized spacial score (nSPS) is 23.6. The number of halogens is 1. The van der Waals surface area contributed by atoms with Gasteiger partial charge >= 0.3 is 0 Å². The van der Waals surface area contributed by atoms with Crippen molar-refractivity contribution < 1.29 is 0 Å². The molecule has 2 N–H and O–H groups in total. The van der Waals surface area contributed by atoms with Crippen LogP contribution in [0.1, 0.15) is 55.7 Å². The second kappa shape index (κ2) is 6.39. The van der Waals surface area contributed by atoms with E-state index in [0.29, 0.717) is 18.0 Å². The molecule has 2 aliphatic rings. The number of benzene rings is 1. The van der Waals surface area contributed by atoms with Crippen molar-refractivity contribution in [2.24, 2.45) is 11.1 Å². The zero-order valence-corrected chi connectivity index (χ0v) is 14.7. The Hall–Kier alpha value is -0.380. The summed E-state index contributed by atoms with van der Waals surface area (Å²) in [6.45, 7) is 5.31. The van der Waals surface area contributed by atoms with Gasteiger partial charge in [-0.25, -0.2) is 0 Å². The number of hydrogen-bond donors (Lipinski definition) is 1. The van der Waals surface area contributed by atoms with Crippen LogP contribution in [0.25, 0.3) is 0 Å². The summed E-state index contributed by atoms with van der Waals surface area (Å²) in [7, 11) is 0. The van der Waals surface area contributed by atoms with Crippen LogP contribution in [-0.2, 0) is 0 Å². The van der Waals surface area contributed by atoms with Gasteiger partial charge in [0.05, 0.1) is 0 Å². The summed E-state index contributed by atoms with van der Waals surface area (Å²) in [5.74, 6) is 0. The molecule has 2 fully saturated rings. The zero-order valence-electron chi connectivity index (χ0n) is 13.1. The number of rotatable bonds is 3. The van der Waals surface area contributed by atoms with E-state index in [1.807, 2.05) is 0 Å². The van der Waals surface area contributed by atoms with E-state index in [-0.39, 0.29) is 0 Å². The molecule has 1 atom stereocenters. The van der Waals surface area contributed by atoms with Gasteiger partial charge < -0.3 is 5.73 Å². The SMILES string of the molecule is Cc1cc(C(CN)N2CCC3(CCCC3)CC2)ccc1Br. The van der Waals surface area contributed by atoms with Crippen molar-refractivity contribution >= 4 is 15.9 Å². The highest BCUT2D eigenvalue weighted by molar-refractivity contribution is 9.10. The van der Waals surface area contributed by atoms with Crippen LogP contribution in [0.2, 0.25) is 0 Å². The summed E-state index contributed by atoms with van der Waals surface area (Å²) in [5.41, 5.74) is 9.48. The molecule has 0 amide bonds. The van der Waals surface area contributed by atoms with Crippen molar-refractivity contribution in [1.29, 1.82) is 0 Å². The quantitative estimate of drug-likeness (QED) is 0.874. The molecule has 0 radical (unpaired) electrons. The van der Waals surface area contributed by atoms with Crippen molar-refractivity contribution in [1.82, 2.24) is 4.90 Å². The number of nitrogens with zero attached hydrogens (tertiary/aromatic N) is 1. The van der Waals surface area contributed by atoms with Gasteiger partial charge in [-0.05, 0) is 68.3 Å². The predicted molar refractivity (Wildman–Crippen MR) is 92.4 cm³/mol. The van der Waals surface area contributed by atoms with E-state index >= 15 is 0 Å². The molecule has 1 aliphatic carbocycles. The molecule has 1 unspecified atom stereocenters. The lowest BCUT2D eigenvalue weighted by Crippen LogP contribution is -2.43. The summed E-state index contributed by atoms with van der Waals surface area (Å²) >= 11 is 3.59. The van der Waals surface area contributed by atoms with E-state index in [0.717, 1.165) is 0 Å². The summed E-state index contributed by atoms with van der Waals surface area (Å²) < 4.78 is 1.19. The van der Waals surface area contributed by atoms with Crippen LogP contribution in [0.3, 0.4) is 0 Å². The minimum Gasteiger partial charge on any atom is -0.329 e. The number of hydrogen-bond acceptors (Lipinski definition) is 2. The maximum Gasteiger partial charge on any atom is 0.0470 e. The van der Waals surface area contributed by atoms with E-state index in [1.54, 1.807) is 0 Å². The molecule has 3 heteroatoms. The van der Waals surface area contributed by atoms with Gasteiger partial charge in [0.25, 0.3) is 0 Å². The molecule has 2 nitrogen and oxygen atoms in total. The van der Waals surface area contributed by atoms with E-state index in [2.05, 4.69) is 46.0 Å². The fourth-order valence-electron chi connectivity index (χ4n) is 4.31. The lowest BCUT2D eigenvalue weighted by Gasteiger charge is -2.42. The molecule has 0 bridgehead atoms. The van der Waals surface area contributed by atoms with Crippen molar-refractivity contribution in [2.45, 2.75) is 51.5 Å². The van der Waals surface area contributed by atoms with Crippen LogP contribution < -0.4 is 5.73 Å². The minimum absolute atomic E-state index is 0.385. The van der Waals surface area contributed by atoms with Crippen LogP contribution in [0.15, 0.2) is 22.7 Å². The number of likely N-dealkylation sites (tertiary alicyclic amines) is 1. The molecule has 1 heterocycles. The number of aryl methyl sites for hydroxylation is 1. The van der Waals surface area contributed by atoms with Crippen LogP contribution in [0, 0.1) is 12.3 Å². The summed E-state index contributed by atoms with van der Waals surface area (Å²) in [6.07, 6.45) is 8.58. The van der Waals surface area contributed by atoms with Gasteiger partial charge in [-0.15, -0.1) is 0 Å². The summed E-state index contributed by atoms with van der Waals surface area (Å²) in [6, 6.07) is 7.07. The Labute approximate surface area is 137 Å². The van der Waals surface area contributed by atoms with Gasteiger partial charge in [0, 0.05) is 17.1 Å². The third kappa shape index (κ3) is 3.20. The Morgan fingerprint density at radius 2 is 1.86 bits per heavy atom. The summed E-state index contributed by atoms with van der Waals surface area (Å²) in [5, 5.41) is 0. The standard InChI is InChI=1S/C18H27BrN2/c1-14-12-15(4-5-16(14)19)17(13-20)21-10-8-18(9-11-21)6-2-3-7-18/h4-5,12,17H,2-3,6-11,13,20H2,1H3. The van der Waals surface area contributed by atoms with Crippen LogP contribution in [0.5, 0.6) is 0 Å². The van der Waals surface area contributed by atoms with Crippen molar-refractivity contribution in [2.75, 3.05) is 19.6 Å². The van der Waals surface area contributed by atoms with Crippen molar-refractivity contribution in [3.05, 3.63) is 33.8 Å². The average molecular weight is 351 g/mol. The Morgan fingerprint density at radius 3 is 2.43 bits per heavy atom. The Balaban J connectivity index is 1.70. The Bertz CT molecular complexity index is 484. The lowest BCUT2D eigenvalue weighted by atomic mass is 9.76. The highest BCUT2D eigenvalue weighted by atomic mass is 79.9. The number of nitrogens with two attached hydrogens (primary N) is 1. The molecule has 1 saturated heterocycles. The maximum atomic E-state index is 6.12. The highest BCUT2D eigenvalue weighted by Crippen LogP contribution is 2.47. The zero-order chi connectivity index (χ0) is 14.9. The molecule has 1 aliphatic heterocycles. The molecule has 1 aromatic carbocycles. The van der Waals surface area contributed by atoms with E-state index in [4.69, 9.17) is 5.73 Å². The molecule has 116 valence electrons. The molecular weight excluding hydrogens is 324 g/mol. The van der Waals surface area contributed by atoms with Gasteiger partial charge in [-0.3, -0.25) is 4.90 Å². The fraction of sp³-hybridized carbons (Fsp3) is 0.667. The predicted octanol–water partition coefficient (Wildman–Crippen LogP) is 4.41. The second-order valence-corrected chi connectivity index (χ2v) is 7.86. The van der Waals surface area contributed by atoms with Crippen LogP contribution >= 0.6 is 15.9 Å². The lowest BCUT2D eigenvalue weighted by molar-refractivity contribution is 0.0780. The van der Waals surface area contributed by atoms with Gasteiger partial charge in [0.15, 0.2) is 0 Å². The van der Waals surface area contributed by atoms with Gasteiger partial charge in [0.1, 0.15) is 0 Å². The first-order chi connectivity index (χ1) is 10.1. The highest BCUT2D eigenvalue weighted by Gasteiger charge is 2.38. The van der Waals surface area contributed by atoms with Crippen molar-refractivity contribution in [3.8, 4) is 0 Å². The molecular formula is C18H27BrN2. The van der Waals surface area contributed by atoms with Crippen LogP contribution in [-0.4, -0.2) is 24.5 Å². The fourth-order valence-corrected chi connectivity index (χ4v) is 4.55. The maximum absolute atomic E-state index is 6.12. The summed E-state index contributed by atoms with van der Waals surface area (Å²) in [4.78, 5) is 2.62. The largest absolute Gasteiger partial charge is 0.329 e. The molecule has 3 rings (SSSR count). The van der Waals surface area contributed by atoms with Gasteiger partial charge in [-0.2, -0.15) is 0 Å². The molecule has 0 aromatic heterocycles. The van der Waals surface area contributed by atoms with E-state index < -0.39 is 0 Å². The monoisotopic (exact) mass is 350 g/mol. The van der Waals surface area contributed by atoms with Crippen molar-refractivity contribution in [3.63, 3.8) is 0 Å². The Morgan fingerprint density at radius 1 is 1.19 bits per heavy atom. The topological polar surface area (TPSA) is 29.3 Å². The van der Waals surface area contributed by atoms with Crippen LogP contribution in [0.4, 0.5) is 0 Å². The van der Waals surface area contributed by atoms with E-state index in [1.165, 1.54) is 67.2 Å². The third-order valence-corrected chi connectivity index (χ3v) is 6.64. The van der Waals surface area contributed by atoms with Gasteiger partial charge in [0.2, 0.25) is 0 Å². The van der Waals surface area contributed by atoms with Gasteiger partial charge in [-0.1, -0.05) is 40.9 Å².